The van der Waals surface area contributed by atoms with Gasteiger partial charge in [0, 0.05) is 12.0 Å². The molecule has 1 aliphatic rings. The van der Waals surface area contributed by atoms with Crippen LogP contribution in [0.4, 0.5) is 0 Å². The number of benzene rings is 2. The number of aliphatic hydroxyl groups is 2. The molecule has 2 aromatic carbocycles. The molecule has 3 aromatic rings. The highest BCUT2D eigenvalue weighted by molar-refractivity contribution is 5.87. The number of methoxy groups -OCH3 is 1. The van der Waals surface area contributed by atoms with Gasteiger partial charge < -0.3 is 19.7 Å². The number of hydrogen-bond acceptors (Lipinski definition) is 6. The number of nitrogens with zero attached hydrogens (tertiary/aromatic N) is 3. The first-order valence-electron chi connectivity index (χ1n) is 8.12. The third-order valence-electron chi connectivity index (χ3n) is 4.53. The standard InChI is InChI=1S/C18H19N3O4/c1-24-14-5-4-11-6-13(3-2-12(11)7-14)15-9-21(20-19-15)18-8-16(23)17(10-22)25-18/h2-7,9,16-18,22-23H,8,10H2,1H3/t16-,17+,18-/m1/s1. The third kappa shape index (κ3) is 2.97. The van der Waals surface area contributed by atoms with Gasteiger partial charge in [-0.25, -0.2) is 4.68 Å². The average molecular weight is 341 g/mol. The third-order valence-corrected chi connectivity index (χ3v) is 4.53. The van der Waals surface area contributed by atoms with Crippen molar-refractivity contribution in [3.63, 3.8) is 0 Å². The molecule has 2 N–H and O–H groups in total. The molecule has 7 heteroatoms. The lowest BCUT2D eigenvalue weighted by atomic mass is 10.1. The zero-order chi connectivity index (χ0) is 17.4. The van der Waals surface area contributed by atoms with E-state index >= 15 is 0 Å². The molecule has 1 fully saturated rings. The van der Waals surface area contributed by atoms with Gasteiger partial charge in [0.25, 0.3) is 0 Å². The molecular weight excluding hydrogens is 322 g/mol. The van der Waals surface area contributed by atoms with Crippen LogP contribution in [-0.2, 0) is 4.74 Å². The second-order valence-electron chi connectivity index (χ2n) is 6.13. The minimum atomic E-state index is -0.696. The smallest absolute Gasteiger partial charge is 0.155 e. The Bertz CT molecular complexity index is 895. The van der Waals surface area contributed by atoms with Gasteiger partial charge in [-0.2, -0.15) is 0 Å². The predicted molar refractivity (Wildman–Crippen MR) is 91.1 cm³/mol. The molecule has 2 heterocycles. The van der Waals surface area contributed by atoms with Crippen molar-refractivity contribution < 1.29 is 19.7 Å². The summed E-state index contributed by atoms with van der Waals surface area (Å²) in [6.45, 7) is -0.215. The molecule has 0 radical (unpaired) electrons. The first-order chi connectivity index (χ1) is 12.2. The monoisotopic (exact) mass is 341 g/mol. The minimum absolute atomic E-state index is 0.215. The summed E-state index contributed by atoms with van der Waals surface area (Å²) in [6, 6.07) is 12.0. The maximum Gasteiger partial charge on any atom is 0.155 e. The quantitative estimate of drug-likeness (QED) is 0.751. The van der Waals surface area contributed by atoms with E-state index in [1.165, 1.54) is 0 Å². The first kappa shape index (κ1) is 16.0. The molecule has 0 bridgehead atoms. The SMILES string of the molecule is COc1ccc2cc(-c3cn([C@H]4C[C@@H](O)[C@H](CO)O4)nn3)ccc2c1. The van der Waals surface area contributed by atoms with Gasteiger partial charge in [0.15, 0.2) is 6.23 Å². The molecule has 130 valence electrons. The molecular formula is C18H19N3O4. The van der Waals surface area contributed by atoms with E-state index in [9.17, 15) is 10.2 Å². The minimum Gasteiger partial charge on any atom is -0.497 e. The molecule has 0 unspecified atom stereocenters. The summed E-state index contributed by atoms with van der Waals surface area (Å²) in [5, 5.41) is 29.5. The number of fused-ring (bicyclic) bond motifs is 1. The van der Waals surface area contributed by atoms with Crippen LogP contribution in [-0.4, -0.2) is 51.1 Å². The summed E-state index contributed by atoms with van der Waals surface area (Å²) in [5.41, 5.74) is 1.67. The Kier molecular flexibility index (Phi) is 4.12. The van der Waals surface area contributed by atoms with Crippen molar-refractivity contribution in [1.82, 2.24) is 15.0 Å². The van der Waals surface area contributed by atoms with E-state index in [4.69, 9.17) is 9.47 Å². The van der Waals surface area contributed by atoms with E-state index in [2.05, 4.69) is 10.3 Å². The number of hydrogen-bond donors (Lipinski definition) is 2. The summed E-state index contributed by atoms with van der Waals surface area (Å²) in [4.78, 5) is 0. The van der Waals surface area contributed by atoms with E-state index in [1.54, 1.807) is 18.0 Å². The molecule has 0 saturated carbocycles. The van der Waals surface area contributed by atoms with Gasteiger partial charge in [0.05, 0.1) is 26.0 Å². The van der Waals surface area contributed by atoms with Gasteiger partial charge in [-0.1, -0.05) is 23.4 Å². The topological polar surface area (TPSA) is 89.6 Å². The number of ether oxygens (including phenoxy) is 2. The zero-order valence-electron chi connectivity index (χ0n) is 13.7. The van der Waals surface area contributed by atoms with Gasteiger partial charge in [0.2, 0.25) is 0 Å². The molecule has 25 heavy (non-hydrogen) atoms. The summed E-state index contributed by atoms with van der Waals surface area (Å²) < 4.78 is 12.4. The number of rotatable bonds is 4. The van der Waals surface area contributed by atoms with Crippen molar-refractivity contribution >= 4 is 10.8 Å². The maximum absolute atomic E-state index is 9.85. The molecule has 0 aliphatic carbocycles. The Hall–Kier alpha value is -2.48. The van der Waals surface area contributed by atoms with Gasteiger partial charge in [0.1, 0.15) is 17.5 Å². The van der Waals surface area contributed by atoms with Gasteiger partial charge >= 0.3 is 0 Å². The lowest BCUT2D eigenvalue weighted by Crippen LogP contribution is -2.24. The van der Waals surface area contributed by atoms with Gasteiger partial charge in [-0.15, -0.1) is 5.10 Å². The van der Waals surface area contributed by atoms with Crippen LogP contribution in [0.25, 0.3) is 22.0 Å². The lowest BCUT2D eigenvalue weighted by molar-refractivity contribution is -0.0489. The van der Waals surface area contributed by atoms with E-state index in [0.717, 1.165) is 27.8 Å². The van der Waals surface area contributed by atoms with E-state index < -0.39 is 18.4 Å². The largest absolute Gasteiger partial charge is 0.497 e. The Morgan fingerprint density at radius 2 is 2.04 bits per heavy atom. The Labute approximate surface area is 144 Å². The Balaban J connectivity index is 1.60. The lowest BCUT2D eigenvalue weighted by Gasteiger charge is -2.11. The van der Waals surface area contributed by atoms with Crippen LogP contribution in [0.15, 0.2) is 42.6 Å². The molecule has 3 atom stereocenters. The van der Waals surface area contributed by atoms with Crippen LogP contribution in [0.5, 0.6) is 5.75 Å². The fourth-order valence-corrected chi connectivity index (χ4v) is 3.10. The molecule has 1 aromatic heterocycles. The van der Waals surface area contributed by atoms with Crippen molar-refractivity contribution in [3.05, 3.63) is 42.6 Å². The summed E-state index contributed by atoms with van der Waals surface area (Å²) in [5.74, 6) is 0.821. The molecule has 0 spiro atoms. The van der Waals surface area contributed by atoms with Crippen LogP contribution in [0.3, 0.4) is 0 Å². The molecule has 0 amide bonds. The highest BCUT2D eigenvalue weighted by Crippen LogP contribution is 2.30. The summed E-state index contributed by atoms with van der Waals surface area (Å²) in [6.07, 6.45) is 0.484. The first-order valence-corrected chi connectivity index (χ1v) is 8.12. The summed E-state index contributed by atoms with van der Waals surface area (Å²) >= 11 is 0. The van der Waals surface area contributed by atoms with Crippen molar-refractivity contribution in [1.29, 1.82) is 0 Å². The molecule has 7 nitrogen and oxygen atoms in total. The van der Waals surface area contributed by atoms with E-state index in [1.807, 2.05) is 36.4 Å². The van der Waals surface area contributed by atoms with Crippen LogP contribution in [0, 0.1) is 0 Å². The van der Waals surface area contributed by atoms with Crippen molar-refractivity contribution in [2.24, 2.45) is 0 Å². The number of aromatic nitrogens is 3. The van der Waals surface area contributed by atoms with Gasteiger partial charge in [-0.3, -0.25) is 0 Å². The average Bonchev–Trinajstić information content (AvgIpc) is 3.27. The Morgan fingerprint density at radius 3 is 2.80 bits per heavy atom. The second kappa shape index (κ2) is 6.44. The fourth-order valence-electron chi connectivity index (χ4n) is 3.10. The maximum atomic E-state index is 9.85. The van der Waals surface area contributed by atoms with E-state index in [-0.39, 0.29) is 6.61 Å². The van der Waals surface area contributed by atoms with Crippen molar-refractivity contribution in [3.8, 4) is 17.0 Å². The molecule has 1 aliphatic heterocycles. The summed E-state index contributed by atoms with van der Waals surface area (Å²) in [7, 11) is 1.65. The zero-order valence-corrected chi connectivity index (χ0v) is 13.7. The highest BCUT2D eigenvalue weighted by atomic mass is 16.5. The molecule has 1 saturated heterocycles. The second-order valence-corrected chi connectivity index (χ2v) is 6.13. The van der Waals surface area contributed by atoms with Crippen LogP contribution >= 0.6 is 0 Å². The van der Waals surface area contributed by atoms with E-state index in [0.29, 0.717) is 6.42 Å². The fraction of sp³-hybridized carbons (Fsp3) is 0.333. The van der Waals surface area contributed by atoms with Crippen molar-refractivity contribution in [2.45, 2.75) is 24.9 Å². The molecule has 4 rings (SSSR count). The van der Waals surface area contributed by atoms with Crippen LogP contribution in [0.2, 0.25) is 0 Å². The van der Waals surface area contributed by atoms with Crippen LogP contribution < -0.4 is 4.74 Å². The number of aliphatic hydroxyl groups excluding tert-OH is 2. The van der Waals surface area contributed by atoms with Crippen molar-refractivity contribution in [2.75, 3.05) is 13.7 Å². The Morgan fingerprint density at radius 1 is 1.24 bits per heavy atom. The van der Waals surface area contributed by atoms with Gasteiger partial charge in [-0.05, 0) is 29.0 Å². The van der Waals surface area contributed by atoms with Crippen LogP contribution in [0.1, 0.15) is 12.6 Å². The predicted octanol–water partition coefficient (Wildman–Crippen LogP) is 1.75. The normalized spacial score (nSPS) is 23.2. The highest BCUT2D eigenvalue weighted by Gasteiger charge is 2.35.